The van der Waals surface area contributed by atoms with E-state index in [2.05, 4.69) is 0 Å². The molecule has 146 valence electrons. The van der Waals surface area contributed by atoms with Crippen LogP contribution in [0.1, 0.15) is 45.6 Å². The number of carbonyl (C=O) groups is 2. The lowest BCUT2D eigenvalue weighted by atomic mass is 10.1. The topological polar surface area (TPSA) is 90.0 Å². The highest BCUT2D eigenvalue weighted by atomic mass is 32.2. The van der Waals surface area contributed by atoms with Gasteiger partial charge in [0.05, 0.1) is 19.3 Å². The Balaban J connectivity index is 2.78. The highest BCUT2D eigenvalue weighted by molar-refractivity contribution is 7.86. The van der Waals surface area contributed by atoms with Gasteiger partial charge in [0.1, 0.15) is 5.75 Å². The van der Waals surface area contributed by atoms with Crippen molar-refractivity contribution in [1.82, 2.24) is 4.90 Å². The van der Waals surface area contributed by atoms with E-state index in [0.29, 0.717) is 13.2 Å². The minimum Gasteiger partial charge on any atom is -0.466 e. The van der Waals surface area contributed by atoms with Gasteiger partial charge < -0.3 is 13.8 Å². The van der Waals surface area contributed by atoms with Crippen LogP contribution >= 0.6 is 0 Å². The second kappa shape index (κ2) is 10.2. The van der Waals surface area contributed by atoms with Crippen molar-refractivity contribution in [3.8, 4) is 5.75 Å². The van der Waals surface area contributed by atoms with Gasteiger partial charge in [0.25, 0.3) is 0 Å². The molecular formula is C18H27NO6S. The first-order valence-electron chi connectivity index (χ1n) is 8.59. The average molecular weight is 385 g/mol. The van der Waals surface area contributed by atoms with Gasteiger partial charge >= 0.3 is 16.1 Å². The second-order valence-electron chi connectivity index (χ2n) is 6.02. The van der Waals surface area contributed by atoms with Crippen LogP contribution in [0.5, 0.6) is 5.75 Å². The molecular weight excluding hydrogens is 358 g/mol. The number of hydrogen-bond acceptors (Lipinski definition) is 6. The maximum atomic E-state index is 12.5. The number of ether oxygens (including phenoxy) is 1. The van der Waals surface area contributed by atoms with Crippen LogP contribution in [-0.2, 0) is 31.0 Å². The molecule has 0 aliphatic rings. The maximum Gasteiger partial charge on any atom is 0.306 e. The molecule has 0 aromatic heterocycles. The minimum atomic E-state index is -3.57. The van der Waals surface area contributed by atoms with E-state index in [1.807, 2.05) is 13.8 Å². The lowest BCUT2D eigenvalue weighted by Crippen LogP contribution is -2.38. The number of esters is 1. The molecule has 0 spiro atoms. The number of carbonyl (C=O) groups excluding carboxylic acids is 2. The Morgan fingerprint density at radius 3 is 2.23 bits per heavy atom. The van der Waals surface area contributed by atoms with E-state index in [-0.39, 0.29) is 36.5 Å². The molecule has 0 heterocycles. The number of benzene rings is 1. The van der Waals surface area contributed by atoms with Gasteiger partial charge in [-0.25, -0.2) is 0 Å². The van der Waals surface area contributed by atoms with Crippen LogP contribution in [0.2, 0.25) is 0 Å². The van der Waals surface area contributed by atoms with E-state index < -0.39 is 10.1 Å². The van der Waals surface area contributed by atoms with Crippen molar-refractivity contribution in [1.29, 1.82) is 0 Å². The van der Waals surface area contributed by atoms with E-state index in [1.54, 1.807) is 36.1 Å². The molecule has 0 fully saturated rings. The normalized spacial score (nSPS) is 12.3. The number of hydrogen-bond donors (Lipinski definition) is 0. The summed E-state index contributed by atoms with van der Waals surface area (Å²) in [5.74, 6) is -0.281. The predicted molar refractivity (Wildman–Crippen MR) is 98.1 cm³/mol. The van der Waals surface area contributed by atoms with Crippen molar-refractivity contribution >= 4 is 22.0 Å². The van der Waals surface area contributed by atoms with Crippen molar-refractivity contribution in [3.63, 3.8) is 0 Å². The Kier molecular flexibility index (Phi) is 8.57. The summed E-state index contributed by atoms with van der Waals surface area (Å²) < 4.78 is 31.9. The van der Waals surface area contributed by atoms with Crippen molar-refractivity contribution in [3.05, 3.63) is 29.8 Å². The zero-order chi connectivity index (χ0) is 19.7. The molecule has 1 amide bonds. The molecule has 0 bridgehead atoms. The third-order valence-corrected chi connectivity index (χ3v) is 4.31. The van der Waals surface area contributed by atoms with E-state index in [0.717, 1.165) is 18.2 Å². The maximum absolute atomic E-state index is 12.5. The van der Waals surface area contributed by atoms with Crippen LogP contribution in [0, 0.1) is 0 Å². The first-order chi connectivity index (χ1) is 12.2. The molecule has 0 radical (unpaired) electrons. The van der Waals surface area contributed by atoms with Gasteiger partial charge in [-0.1, -0.05) is 19.1 Å². The Morgan fingerprint density at radius 2 is 1.73 bits per heavy atom. The monoisotopic (exact) mass is 385 g/mol. The average Bonchev–Trinajstić information content (AvgIpc) is 2.57. The Bertz CT molecular complexity index is 699. The molecule has 26 heavy (non-hydrogen) atoms. The second-order valence-corrected chi connectivity index (χ2v) is 7.59. The Labute approximate surface area is 155 Å². The largest absolute Gasteiger partial charge is 0.466 e. The van der Waals surface area contributed by atoms with Crippen LogP contribution in [-0.4, -0.2) is 44.1 Å². The summed E-state index contributed by atoms with van der Waals surface area (Å²) in [5, 5.41) is 0. The smallest absolute Gasteiger partial charge is 0.306 e. The van der Waals surface area contributed by atoms with Crippen molar-refractivity contribution in [2.75, 3.05) is 12.9 Å². The Morgan fingerprint density at radius 1 is 1.12 bits per heavy atom. The third kappa shape index (κ3) is 7.86. The molecule has 7 nitrogen and oxygen atoms in total. The van der Waals surface area contributed by atoms with Crippen molar-refractivity contribution in [2.45, 2.75) is 52.6 Å². The number of nitrogens with zero attached hydrogens (tertiary/aromatic N) is 1. The minimum absolute atomic E-state index is 0.0108. The van der Waals surface area contributed by atoms with Gasteiger partial charge in [-0.3, -0.25) is 9.59 Å². The fourth-order valence-corrected chi connectivity index (χ4v) is 2.78. The molecule has 0 saturated carbocycles. The van der Waals surface area contributed by atoms with Gasteiger partial charge in [-0.2, -0.15) is 8.42 Å². The molecule has 1 aromatic rings. The first-order valence-corrected chi connectivity index (χ1v) is 10.4. The van der Waals surface area contributed by atoms with Gasteiger partial charge in [-0.15, -0.1) is 0 Å². The van der Waals surface area contributed by atoms with Crippen LogP contribution in [0.15, 0.2) is 24.3 Å². The lowest BCUT2D eigenvalue weighted by molar-refractivity contribution is -0.146. The summed E-state index contributed by atoms with van der Waals surface area (Å²) in [6.45, 7) is 6.32. The summed E-state index contributed by atoms with van der Waals surface area (Å²) in [4.78, 5) is 25.7. The first kappa shape index (κ1) is 22.0. The standard InChI is InChI=1S/C18H27NO6S/c1-5-14(3)19(17(20)11-12-18(21)24-6-2)13-15-7-9-16(10-8-15)25-26(4,22)23/h7-10,14H,5-6,11-13H2,1-4H3. The quantitative estimate of drug-likeness (QED) is 0.454. The van der Waals surface area contributed by atoms with Gasteiger partial charge in [0.2, 0.25) is 5.91 Å². The van der Waals surface area contributed by atoms with Crippen LogP contribution in [0.4, 0.5) is 0 Å². The summed E-state index contributed by atoms with van der Waals surface area (Å²) >= 11 is 0. The molecule has 0 N–H and O–H groups in total. The summed E-state index contributed by atoms with van der Waals surface area (Å²) in [5.41, 5.74) is 0.843. The molecule has 0 aliphatic carbocycles. The molecule has 8 heteroatoms. The lowest BCUT2D eigenvalue weighted by Gasteiger charge is -2.29. The molecule has 1 rings (SSSR count). The van der Waals surface area contributed by atoms with E-state index in [9.17, 15) is 18.0 Å². The summed E-state index contributed by atoms with van der Waals surface area (Å²) in [6, 6.07) is 6.54. The van der Waals surface area contributed by atoms with Crippen LogP contribution in [0.25, 0.3) is 0 Å². The number of amides is 1. The zero-order valence-electron chi connectivity index (χ0n) is 15.7. The summed E-state index contributed by atoms with van der Waals surface area (Å²) in [6.07, 6.45) is 1.91. The third-order valence-electron chi connectivity index (χ3n) is 3.82. The van der Waals surface area contributed by atoms with Gasteiger partial charge in [0.15, 0.2) is 0 Å². The van der Waals surface area contributed by atoms with Crippen LogP contribution in [0.3, 0.4) is 0 Å². The molecule has 1 aromatic carbocycles. The molecule has 0 aliphatic heterocycles. The fraction of sp³-hybridized carbons (Fsp3) is 0.556. The van der Waals surface area contributed by atoms with Gasteiger partial charge in [0, 0.05) is 19.0 Å². The highest BCUT2D eigenvalue weighted by Crippen LogP contribution is 2.18. The Hall–Kier alpha value is -2.09. The SMILES string of the molecule is CCOC(=O)CCC(=O)N(Cc1ccc(OS(C)(=O)=O)cc1)C(C)CC. The zero-order valence-corrected chi connectivity index (χ0v) is 16.5. The predicted octanol–water partition coefficient (Wildman–Crippen LogP) is 2.50. The fourth-order valence-electron chi connectivity index (χ4n) is 2.32. The van der Waals surface area contributed by atoms with E-state index in [4.69, 9.17) is 8.92 Å². The molecule has 1 unspecified atom stereocenters. The number of rotatable bonds is 10. The highest BCUT2D eigenvalue weighted by Gasteiger charge is 2.20. The van der Waals surface area contributed by atoms with E-state index in [1.165, 1.54) is 0 Å². The summed E-state index contributed by atoms with van der Waals surface area (Å²) in [7, 11) is -3.57. The van der Waals surface area contributed by atoms with Crippen LogP contribution < -0.4 is 4.18 Å². The van der Waals surface area contributed by atoms with E-state index >= 15 is 0 Å². The van der Waals surface area contributed by atoms with Gasteiger partial charge in [-0.05, 0) is 38.0 Å². The van der Waals surface area contributed by atoms with Crippen molar-refractivity contribution < 1.29 is 26.9 Å². The van der Waals surface area contributed by atoms with Crippen molar-refractivity contribution in [2.24, 2.45) is 0 Å². The molecule has 0 saturated heterocycles. The molecule has 1 atom stereocenters.